The number of ether oxygens (including phenoxy) is 3. The molecule has 48 heavy (non-hydrogen) atoms. The number of carbonyl (C=O) groups is 2. The number of hydrogen-bond acceptors (Lipinski definition) is 8. The van der Waals surface area contributed by atoms with Gasteiger partial charge in [0.25, 0.3) is 0 Å². The van der Waals surface area contributed by atoms with E-state index in [1.165, 1.54) is 0 Å². The van der Waals surface area contributed by atoms with E-state index in [0.717, 1.165) is 53.9 Å². The Morgan fingerprint density at radius 3 is 2.42 bits per heavy atom. The average molecular weight is 659 g/mol. The van der Waals surface area contributed by atoms with Crippen LogP contribution in [0, 0.1) is 18.8 Å². The molecule has 11 heteroatoms. The maximum absolute atomic E-state index is 14.4. The molecule has 0 radical (unpaired) electrons. The van der Waals surface area contributed by atoms with Crippen LogP contribution in [-0.2, 0) is 14.3 Å². The lowest BCUT2D eigenvalue weighted by Crippen LogP contribution is -2.44. The molecule has 1 saturated heterocycles. The van der Waals surface area contributed by atoms with Crippen LogP contribution in [0.1, 0.15) is 88.6 Å². The summed E-state index contributed by atoms with van der Waals surface area (Å²) < 4.78 is 18.6. The Morgan fingerprint density at radius 1 is 1.00 bits per heavy atom. The Bertz CT molecular complexity index is 1540. The molecule has 0 unspecified atom stereocenters. The van der Waals surface area contributed by atoms with E-state index < -0.39 is 0 Å². The average Bonchev–Trinajstić information content (AvgIpc) is 3.63. The van der Waals surface area contributed by atoms with Gasteiger partial charge in [-0.25, -0.2) is 9.78 Å². The molecule has 3 aromatic heterocycles. The number of amides is 2. The van der Waals surface area contributed by atoms with E-state index in [9.17, 15) is 9.59 Å². The summed E-state index contributed by atoms with van der Waals surface area (Å²) in [6, 6.07) is 8.39. The van der Waals surface area contributed by atoms with Gasteiger partial charge in [0, 0.05) is 61.2 Å². The molecule has 2 saturated carbocycles. The van der Waals surface area contributed by atoms with Gasteiger partial charge in [0.1, 0.15) is 17.7 Å². The molecule has 2 aliphatic carbocycles. The summed E-state index contributed by atoms with van der Waals surface area (Å²) >= 11 is 0. The monoisotopic (exact) mass is 658 g/mol. The highest BCUT2D eigenvalue weighted by atomic mass is 16.6. The lowest BCUT2D eigenvalue weighted by Gasteiger charge is -2.36. The van der Waals surface area contributed by atoms with Crippen molar-refractivity contribution in [2.75, 3.05) is 44.9 Å². The van der Waals surface area contributed by atoms with Crippen LogP contribution in [0.25, 0.3) is 11.1 Å². The third-order valence-electron chi connectivity index (χ3n) is 10.3. The topological polar surface area (TPSA) is 112 Å². The number of nitrogens with zero attached hydrogens (tertiary/aromatic N) is 6. The smallest absolute Gasteiger partial charge is 0.410 e. The molecule has 4 heterocycles. The minimum Gasteiger partial charge on any atom is -0.495 e. The Labute approximate surface area is 284 Å². The number of carbonyl (C=O) groups excluding carboxylic acids is 2. The van der Waals surface area contributed by atoms with Gasteiger partial charge in [-0.05, 0) is 108 Å². The number of aryl methyl sites for hydroxylation is 1. The Kier molecular flexibility index (Phi) is 10.9. The van der Waals surface area contributed by atoms with Gasteiger partial charge in [0.15, 0.2) is 0 Å². The van der Waals surface area contributed by atoms with Gasteiger partial charge in [-0.3, -0.25) is 19.4 Å². The van der Waals surface area contributed by atoms with E-state index in [1.807, 2.05) is 47.1 Å². The van der Waals surface area contributed by atoms with Crippen LogP contribution in [-0.4, -0.2) is 82.7 Å². The van der Waals surface area contributed by atoms with Crippen LogP contribution < -0.4 is 9.64 Å². The second-order valence-electron chi connectivity index (χ2n) is 13.9. The van der Waals surface area contributed by atoms with Crippen molar-refractivity contribution < 1.29 is 23.8 Å². The molecule has 11 nitrogen and oxygen atoms in total. The predicted octanol–water partition coefficient (Wildman–Crippen LogP) is 6.57. The summed E-state index contributed by atoms with van der Waals surface area (Å²) in [7, 11) is 1.68. The van der Waals surface area contributed by atoms with Crippen molar-refractivity contribution in [3.63, 3.8) is 0 Å². The van der Waals surface area contributed by atoms with Gasteiger partial charge in [0.05, 0.1) is 32.2 Å². The van der Waals surface area contributed by atoms with Crippen molar-refractivity contribution in [1.82, 2.24) is 24.6 Å². The van der Waals surface area contributed by atoms with Gasteiger partial charge >= 0.3 is 6.09 Å². The standard InChI is InChI=1S/C37H50N6O5/c1-25(2)43-24-31(22-39-43)30-15-16-38-35(21-30)42(23-27-5-7-28(8-6-27)33-13-14-34(46-4)26(3)40-33)36(44)29-9-11-32(12-10-29)48-37(45)41-17-19-47-20-18-41/h13-16,21-22,24-25,27-29,32H,5-12,17-20,23H2,1-4H3/t27-,28-,29-,32-. The molecular formula is C37H50N6O5. The van der Waals surface area contributed by atoms with Gasteiger partial charge in [0.2, 0.25) is 5.91 Å². The van der Waals surface area contributed by atoms with Crippen LogP contribution >= 0.6 is 0 Å². The number of anilines is 1. The summed E-state index contributed by atoms with van der Waals surface area (Å²) in [4.78, 5) is 40.3. The van der Waals surface area contributed by atoms with Gasteiger partial charge in [-0.15, -0.1) is 0 Å². The van der Waals surface area contributed by atoms with Crippen LogP contribution in [0.3, 0.4) is 0 Å². The number of hydrogen-bond donors (Lipinski definition) is 0. The molecule has 0 aromatic carbocycles. The molecular weight excluding hydrogens is 608 g/mol. The van der Waals surface area contributed by atoms with Crippen molar-refractivity contribution in [3.05, 3.63) is 54.2 Å². The van der Waals surface area contributed by atoms with E-state index in [0.29, 0.717) is 76.2 Å². The van der Waals surface area contributed by atoms with Crippen molar-refractivity contribution in [2.24, 2.45) is 11.8 Å². The molecule has 258 valence electrons. The molecule has 0 bridgehead atoms. The number of morpholine rings is 1. The van der Waals surface area contributed by atoms with Crippen LogP contribution in [0.15, 0.2) is 42.9 Å². The van der Waals surface area contributed by atoms with Crippen molar-refractivity contribution in [3.8, 4) is 16.9 Å². The molecule has 0 N–H and O–H groups in total. The minimum atomic E-state index is -0.271. The quantitative estimate of drug-likeness (QED) is 0.254. The van der Waals surface area contributed by atoms with E-state index >= 15 is 0 Å². The maximum Gasteiger partial charge on any atom is 0.410 e. The highest BCUT2D eigenvalue weighted by Gasteiger charge is 2.35. The first-order chi connectivity index (χ1) is 23.3. The molecule has 3 fully saturated rings. The van der Waals surface area contributed by atoms with Crippen molar-refractivity contribution in [1.29, 1.82) is 0 Å². The largest absolute Gasteiger partial charge is 0.495 e. The fraction of sp³-hybridized carbons (Fsp3) is 0.595. The fourth-order valence-electron chi connectivity index (χ4n) is 7.33. The zero-order chi connectivity index (χ0) is 33.6. The molecule has 6 rings (SSSR count). The number of rotatable bonds is 9. The normalized spacial score (nSPS) is 23.1. The van der Waals surface area contributed by atoms with Crippen molar-refractivity contribution in [2.45, 2.75) is 90.2 Å². The lowest BCUT2D eigenvalue weighted by atomic mass is 9.79. The van der Waals surface area contributed by atoms with Gasteiger partial charge < -0.3 is 19.1 Å². The first-order valence-electron chi connectivity index (χ1n) is 17.7. The van der Waals surface area contributed by atoms with Crippen LogP contribution in [0.5, 0.6) is 5.75 Å². The van der Waals surface area contributed by atoms with Crippen LogP contribution in [0.2, 0.25) is 0 Å². The van der Waals surface area contributed by atoms with E-state index in [2.05, 4.69) is 25.0 Å². The fourth-order valence-corrected chi connectivity index (χ4v) is 7.33. The Hall–Kier alpha value is -3.99. The SMILES string of the molecule is COc1ccc([C@H]2CC[C@H](CN(c3cc(-c4cnn(C(C)C)c4)ccn3)C(=O)[C@H]3CC[C@H](OC(=O)N4CCOCC4)CC3)CC2)nc1C. The Balaban J connectivity index is 1.15. The predicted molar refractivity (Wildman–Crippen MR) is 183 cm³/mol. The third kappa shape index (κ3) is 7.99. The minimum absolute atomic E-state index is 0.116. The number of pyridine rings is 2. The first kappa shape index (κ1) is 33.9. The van der Waals surface area contributed by atoms with Gasteiger partial charge in [-0.2, -0.15) is 5.10 Å². The molecule has 0 atom stereocenters. The van der Waals surface area contributed by atoms with Crippen molar-refractivity contribution >= 4 is 17.8 Å². The Morgan fingerprint density at radius 2 is 1.75 bits per heavy atom. The molecule has 0 spiro atoms. The number of aromatic nitrogens is 4. The maximum atomic E-state index is 14.4. The molecule has 1 aliphatic heterocycles. The summed E-state index contributed by atoms with van der Waals surface area (Å²) in [5.41, 5.74) is 4.05. The highest BCUT2D eigenvalue weighted by Crippen LogP contribution is 2.38. The van der Waals surface area contributed by atoms with E-state index in [-0.39, 0.29) is 30.1 Å². The summed E-state index contributed by atoms with van der Waals surface area (Å²) in [5.74, 6) is 2.25. The summed E-state index contributed by atoms with van der Waals surface area (Å²) in [6.45, 7) is 9.04. The van der Waals surface area contributed by atoms with Crippen LogP contribution in [0.4, 0.5) is 10.6 Å². The lowest BCUT2D eigenvalue weighted by molar-refractivity contribution is -0.124. The number of methoxy groups -OCH3 is 1. The zero-order valence-corrected chi connectivity index (χ0v) is 28.8. The molecule has 3 aromatic rings. The summed E-state index contributed by atoms with van der Waals surface area (Å²) in [6.07, 6.45) is 12.1. The first-order valence-corrected chi connectivity index (χ1v) is 17.7. The van der Waals surface area contributed by atoms with E-state index in [4.69, 9.17) is 24.2 Å². The molecule has 2 amide bonds. The third-order valence-corrected chi connectivity index (χ3v) is 10.3. The second kappa shape index (κ2) is 15.5. The summed E-state index contributed by atoms with van der Waals surface area (Å²) in [5, 5.41) is 4.53. The molecule has 3 aliphatic rings. The highest BCUT2D eigenvalue weighted by molar-refractivity contribution is 5.94. The van der Waals surface area contributed by atoms with E-state index in [1.54, 1.807) is 18.2 Å². The second-order valence-corrected chi connectivity index (χ2v) is 13.9. The zero-order valence-electron chi connectivity index (χ0n) is 28.8. The van der Waals surface area contributed by atoms with Gasteiger partial charge in [-0.1, -0.05) is 0 Å².